The van der Waals surface area contributed by atoms with Crippen LogP contribution in [0.5, 0.6) is 0 Å². The van der Waals surface area contributed by atoms with Crippen LogP contribution in [0.15, 0.2) is 24.3 Å². The van der Waals surface area contributed by atoms with Crippen molar-refractivity contribution in [3.05, 3.63) is 30.0 Å². The predicted octanol–water partition coefficient (Wildman–Crippen LogP) is 3.69. The fourth-order valence-corrected chi connectivity index (χ4v) is 1.56. The van der Waals surface area contributed by atoms with Gasteiger partial charge in [0, 0.05) is 16.6 Å². The van der Waals surface area contributed by atoms with E-state index in [1.165, 1.54) is 6.07 Å². The van der Waals surface area contributed by atoms with Gasteiger partial charge >= 0.3 is 18.3 Å². The first-order chi connectivity index (χ1) is 9.07. The molecule has 0 unspecified atom stereocenters. The Hall–Kier alpha value is -2.19. The van der Waals surface area contributed by atoms with E-state index in [4.69, 9.17) is 0 Å². The molecule has 1 heterocycles. The minimum Gasteiger partial charge on any atom is -0.351 e. The van der Waals surface area contributed by atoms with Crippen molar-refractivity contribution in [2.45, 2.75) is 12.4 Å². The SMILES string of the molecule is O=C(Nc1ccc2cc(C(F)(F)F)[nH]c2c1)C(F)(F)F. The number of hydrogen-bond acceptors (Lipinski definition) is 1. The fourth-order valence-electron chi connectivity index (χ4n) is 1.56. The lowest BCUT2D eigenvalue weighted by molar-refractivity contribution is -0.167. The monoisotopic (exact) mass is 296 g/mol. The average Bonchev–Trinajstić information content (AvgIpc) is 2.70. The Bertz CT molecular complexity index is 655. The number of amides is 1. The number of aromatic amines is 1. The van der Waals surface area contributed by atoms with Crippen molar-refractivity contribution in [3.63, 3.8) is 0 Å². The predicted molar refractivity (Wildman–Crippen MR) is 58.0 cm³/mol. The van der Waals surface area contributed by atoms with Crippen molar-refractivity contribution in [1.82, 2.24) is 4.98 Å². The summed E-state index contributed by atoms with van der Waals surface area (Å²) in [6, 6.07) is 4.08. The number of carbonyl (C=O) groups excluding carboxylic acids is 1. The van der Waals surface area contributed by atoms with E-state index >= 15 is 0 Å². The smallest absolute Gasteiger partial charge is 0.351 e. The zero-order valence-corrected chi connectivity index (χ0v) is 9.49. The molecule has 1 aromatic heterocycles. The summed E-state index contributed by atoms with van der Waals surface area (Å²) in [5.41, 5.74) is -1.31. The number of anilines is 1. The van der Waals surface area contributed by atoms with Crippen LogP contribution in [0.3, 0.4) is 0 Å². The lowest BCUT2D eigenvalue weighted by atomic mass is 10.2. The molecule has 0 fully saturated rings. The van der Waals surface area contributed by atoms with Crippen molar-refractivity contribution in [2.24, 2.45) is 0 Å². The lowest BCUT2D eigenvalue weighted by Gasteiger charge is -2.07. The van der Waals surface area contributed by atoms with Crippen LogP contribution in [-0.4, -0.2) is 17.1 Å². The Kier molecular flexibility index (Phi) is 3.15. The zero-order chi connectivity index (χ0) is 15.1. The summed E-state index contributed by atoms with van der Waals surface area (Å²) in [5.74, 6) is -2.19. The molecule has 0 aliphatic heterocycles. The Balaban J connectivity index is 2.32. The summed E-state index contributed by atoms with van der Waals surface area (Å²) < 4.78 is 73.5. The van der Waals surface area contributed by atoms with Gasteiger partial charge in [-0.05, 0) is 18.2 Å². The van der Waals surface area contributed by atoms with Crippen LogP contribution in [0.1, 0.15) is 5.69 Å². The maximum Gasteiger partial charge on any atom is 0.471 e. The molecular formula is C11H6F6N2O. The molecule has 1 amide bonds. The van der Waals surface area contributed by atoms with Gasteiger partial charge in [0.25, 0.3) is 0 Å². The highest BCUT2D eigenvalue weighted by Gasteiger charge is 2.38. The molecule has 0 atom stereocenters. The second kappa shape index (κ2) is 4.43. The average molecular weight is 296 g/mol. The maximum absolute atomic E-state index is 12.4. The molecule has 9 heteroatoms. The van der Waals surface area contributed by atoms with Gasteiger partial charge in [-0.3, -0.25) is 4.79 Å². The fraction of sp³-hybridized carbons (Fsp3) is 0.182. The van der Waals surface area contributed by atoms with Crippen LogP contribution in [0.25, 0.3) is 10.9 Å². The molecule has 1 aromatic carbocycles. The highest BCUT2D eigenvalue weighted by atomic mass is 19.4. The summed E-state index contributed by atoms with van der Waals surface area (Å²) >= 11 is 0. The second-order valence-electron chi connectivity index (χ2n) is 3.93. The minimum atomic E-state index is -5.07. The van der Waals surface area contributed by atoms with E-state index in [0.29, 0.717) is 0 Å². The number of carbonyl (C=O) groups is 1. The number of aromatic nitrogens is 1. The van der Waals surface area contributed by atoms with Gasteiger partial charge in [-0.2, -0.15) is 26.3 Å². The Labute approximate surface area is 107 Å². The first-order valence-corrected chi connectivity index (χ1v) is 5.15. The normalized spacial score (nSPS) is 12.7. The largest absolute Gasteiger partial charge is 0.471 e. The van der Waals surface area contributed by atoms with Crippen molar-refractivity contribution < 1.29 is 31.1 Å². The van der Waals surface area contributed by atoms with Gasteiger partial charge in [-0.25, -0.2) is 0 Å². The van der Waals surface area contributed by atoms with Crippen molar-refractivity contribution in [3.8, 4) is 0 Å². The van der Waals surface area contributed by atoms with Gasteiger partial charge in [-0.1, -0.05) is 6.07 Å². The highest BCUT2D eigenvalue weighted by Crippen LogP contribution is 2.32. The first-order valence-electron chi connectivity index (χ1n) is 5.15. The minimum absolute atomic E-state index is 0.0303. The Morgan fingerprint density at radius 2 is 1.70 bits per heavy atom. The van der Waals surface area contributed by atoms with E-state index in [1.807, 2.05) is 4.98 Å². The number of nitrogens with one attached hydrogen (secondary N) is 2. The standard InChI is InChI=1S/C11H6F6N2O/c12-10(13,14)8-3-5-1-2-6(4-7(5)19-8)18-9(20)11(15,16)17/h1-4,19H,(H,18,20). The van der Waals surface area contributed by atoms with E-state index in [2.05, 4.69) is 0 Å². The number of rotatable bonds is 1. The lowest BCUT2D eigenvalue weighted by Crippen LogP contribution is -2.29. The van der Waals surface area contributed by atoms with E-state index in [1.54, 1.807) is 5.32 Å². The van der Waals surface area contributed by atoms with Gasteiger partial charge in [0.1, 0.15) is 5.69 Å². The Morgan fingerprint density at radius 1 is 1.05 bits per heavy atom. The van der Waals surface area contributed by atoms with Crippen LogP contribution in [0.4, 0.5) is 32.0 Å². The molecule has 0 spiro atoms. The summed E-state index contributed by atoms with van der Waals surface area (Å²) in [6.07, 6.45) is -9.66. The first kappa shape index (κ1) is 14.2. The highest BCUT2D eigenvalue weighted by molar-refractivity contribution is 5.96. The van der Waals surface area contributed by atoms with Gasteiger partial charge in [0.2, 0.25) is 0 Å². The summed E-state index contributed by atoms with van der Waals surface area (Å²) in [5, 5.41) is 1.73. The number of fused-ring (bicyclic) bond motifs is 1. The van der Waals surface area contributed by atoms with Crippen molar-refractivity contribution in [2.75, 3.05) is 5.32 Å². The third-order valence-electron chi connectivity index (χ3n) is 2.44. The van der Waals surface area contributed by atoms with Crippen LogP contribution in [0.2, 0.25) is 0 Å². The van der Waals surface area contributed by atoms with Crippen LogP contribution in [0, 0.1) is 0 Å². The van der Waals surface area contributed by atoms with E-state index in [9.17, 15) is 31.1 Å². The number of benzene rings is 1. The molecule has 20 heavy (non-hydrogen) atoms. The molecule has 108 valence electrons. The molecule has 0 aliphatic rings. The Morgan fingerprint density at radius 3 is 2.25 bits per heavy atom. The topological polar surface area (TPSA) is 44.9 Å². The molecule has 0 saturated carbocycles. The van der Waals surface area contributed by atoms with Gasteiger partial charge < -0.3 is 10.3 Å². The van der Waals surface area contributed by atoms with Crippen LogP contribution >= 0.6 is 0 Å². The van der Waals surface area contributed by atoms with Crippen LogP contribution < -0.4 is 5.32 Å². The third kappa shape index (κ3) is 2.86. The van der Waals surface area contributed by atoms with Crippen molar-refractivity contribution >= 4 is 22.5 Å². The zero-order valence-electron chi connectivity index (χ0n) is 9.49. The molecule has 0 bridgehead atoms. The van der Waals surface area contributed by atoms with Gasteiger partial charge in [0.15, 0.2) is 0 Å². The third-order valence-corrected chi connectivity index (χ3v) is 2.44. The summed E-state index contributed by atoms with van der Waals surface area (Å²) in [7, 11) is 0. The summed E-state index contributed by atoms with van der Waals surface area (Å²) in [6.45, 7) is 0. The van der Waals surface area contributed by atoms with Gasteiger partial charge in [0.05, 0.1) is 0 Å². The molecule has 0 saturated heterocycles. The molecule has 3 nitrogen and oxygen atoms in total. The molecular weight excluding hydrogens is 290 g/mol. The van der Waals surface area contributed by atoms with Crippen molar-refractivity contribution in [1.29, 1.82) is 0 Å². The van der Waals surface area contributed by atoms with Crippen LogP contribution in [-0.2, 0) is 11.0 Å². The van der Waals surface area contributed by atoms with Gasteiger partial charge in [-0.15, -0.1) is 0 Å². The molecule has 2 aromatic rings. The molecule has 0 radical (unpaired) electrons. The quantitative estimate of drug-likeness (QED) is 0.775. The molecule has 2 N–H and O–H groups in total. The van der Waals surface area contributed by atoms with E-state index < -0.39 is 24.0 Å². The number of H-pyrrole nitrogens is 1. The number of hydrogen-bond donors (Lipinski definition) is 2. The number of halogens is 6. The van der Waals surface area contributed by atoms with E-state index in [0.717, 1.165) is 18.2 Å². The van der Waals surface area contributed by atoms with E-state index in [-0.39, 0.29) is 16.6 Å². The molecule has 2 rings (SSSR count). The maximum atomic E-state index is 12.4. The second-order valence-corrected chi connectivity index (χ2v) is 3.93. The summed E-state index contributed by atoms with van der Waals surface area (Å²) in [4.78, 5) is 12.7. The number of alkyl halides is 6. The molecule has 0 aliphatic carbocycles.